The van der Waals surface area contributed by atoms with Crippen molar-refractivity contribution in [2.45, 2.75) is 84.0 Å². The van der Waals surface area contributed by atoms with E-state index in [1.165, 1.54) is 51.4 Å². The van der Waals surface area contributed by atoms with Gasteiger partial charge in [-0.1, -0.05) is 52.4 Å². The van der Waals surface area contributed by atoms with Gasteiger partial charge in [0.15, 0.2) is 6.29 Å². The van der Waals surface area contributed by atoms with Gasteiger partial charge in [-0.25, -0.2) is 0 Å². The second-order valence-electron chi connectivity index (χ2n) is 4.87. The Bertz CT molecular complexity index is 159. The highest BCUT2D eigenvalue weighted by atomic mass is 16.7. The van der Waals surface area contributed by atoms with E-state index in [9.17, 15) is 0 Å². The molecule has 0 bridgehead atoms. The largest absolute Gasteiger partial charge is 0.350 e. The van der Waals surface area contributed by atoms with Crippen LogP contribution in [0.15, 0.2) is 0 Å². The Kier molecular flexibility index (Phi) is 7.87. The summed E-state index contributed by atoms with van der Waals surface area (Å²) >= 11 is 0. The van der Waals surface area contributed by atoms with Gasteiger partial charge in [0.2, 0.25) is 0 Å². The first-order chi connectivity index (χ1) is 7.86. The molecule has 0 N–H and O–H groups in total. The molecule has 0 aromatic heterocycles. The van der Waals surface area contributed by atoms with E-state index in [1.54, 1.807) is 0 Å². The van der Waals surface area contributed by atoms with Gasteiger partial charge in [-0.3, -0.25) is 0 Å². The molecule has 1 rings (SSSR count). The molecular weight excluding hydrogens is 200 g/mol. The van der Waals surface area contributed by atoms with E-state index >= 15 is 0 Å². The molecule has 0 radical (unpaired) electrons. The summed E-state index contributed by atoms with van der Waals surface area (Å²) in [6, 6.07) is 0. The number of unbranched alkanes of at least 4 members (excludes halogenated alkanes) is 5. The fraction of sp³-hybridized carbons (Fsp3) is 1.00. The van der Waals surface area contributed by atoms with Crippen LogP contribution in [0.3, 0.4) is 0 Å². The van der Waals surface area contributed by atoms with Crippen LogP contribution >= 0.6 is 0 Å². The molecule has 2 unspecified atom stereocenters. The van der Waals surface area contributed by atoms with E-state index in [2.05, 4.69) is 13.8 Å². The summed E-state index contributed by atoms with van der Waals surface area (Å²) in [7, 11) is 0. The lowest BCUT2D eigenvalue weighted by atomic mass is 10.1. The van der Waals surface area contributed by atoms with E-state index in [0.717, 1.165) is 13.0 Å². The molecule has 0 amide bonds. The minimum absolute atomic E-state index is 0.0997. The summed E-state index contributed by atoms with van der Waals surface area (Å²) in [6.07, 6.45) is 11.9. The fourth-order valence-corrected chi connectivity index (χ4v) is 2.17. The molecule has 2 nitrogen and oxygen atoms in total. The SMILES string of the molecule is CCCCCCC1COC(CCCCC)O1. The molecule has 1 saturated heterocycles. The number of hydrogen-bond donors (Lipinski definition) is 0. The van der Waals surface area contributed by atoms with Gasteiger partial charge < -0.3 is 9.47 Å². The summed E-state index contributed by atoms with van der Waals surface area (Å²) in [5.74, 6) is 0. The van der Waals surface area contributed by atoms with Gasteiger partial charge in [-0.15, -0.1) is 0 Å². The van der Waals surface area contributed by atoms with Crippen LogP contribution in [0.2, 0.25) is 0 Å². The third-order valence-electron chi connectivity index (χ3n) is 3.24. The van der Waals surface area contributed by atoms with Gasteiger partial charge >= 0.3 is 0 Å². The van der Waals surface area contributed by atoms with Crippen LogP contribution in [-0.4, -0.2) is 19.0 Å². The lowest BCUT2D eigenvalue weighted by molar-refractivity contribution is -0.0643. The normalized spacial score (nSPS) is 25.1. The second-order valence-corrected chi connectivity index (χ2v) is 4.87. The first-order valence-corrected chi connectivity index (χ1v) is 7.13. The number of ether oxygens (including phenoxy) is 2. The summed E-state index contributed by atoms with van der Waals surface area (Å²) in [5, 5.41) is 0. The van der Waals surface area contributed by atoms with Gasteiger partial charge in [0.1, 0.15) is 0 Å². The third-order valence-corrected chi connectivity index (χ3v) is 3.24. The summed E-state index contributed by atoms with van der Waals surface area (Å²) < 4.78 is 11.5. The Morgan fingerprint density at radius 3 is 2.31 bits per heavy atom. The van der Waals surface area contributed by atoms with Crippen molar-refractivity contribution >= 4 is 0 Å². The highest BCUT2D eigenvalue weighted by Crippen LogP contribution is 2.21. The van der Waals surface area contributed by atoms with Crippen LogP contribution < -0.4 is 0 Å². The number of rotatable bonds is 9. The van der Waals surface area contributed by atoms with Crippen molar-refractivity contribution in [1.29, 1.82) is 0 Å². The van der Waals surface area contributed by atoms with E-state index < -0.39 is 0 Å². The van der Waals surface area contributed by atoms with E-state index in [0.29, 0.717) is 6.10 Å². The lowest BCUT2D eigenvalue weighted by Gasteiger charge is -2.10. The predicted molar refractivity (Wildman–Crippen MR) is 67.5 cm³/mol. The first kappa shape index (κ1) is 14.0. The van der Waals surface area contributed by atoms with Crippen LogP contribution in [0.25, 0.3) is 0 Å². The zero-order valence-corrected chi connectivity index (χ0v) is 11.0. The topological polar surface area (TPSA) is 18.5 Å². The fourth-order valence-electron chi connectivity index (χ4n) is 2.17. The molecule has 1 heterocycles. The maximum atomic E-state index is 5.87. The molecule has 0 spiro atoms. The summed E-state index contributed by atoms with van der Waals surface area (Å²) in [4.78, 5) is 0. The van der Waals surface area contributed by atoms with Crippen molar-refractivity contribution in [3.05, 3.63) is 0 Å². The first-order valence-electron chi connectivity index (χ1n) is 7.13. The summed E-state index contributed by atoms with van der Waals surface area (Å²) in [5.41, 5.74) is 0. The molecule has 96 valence electrons. The Hall–Kier alpha value is -0.0800. The third kappa shape index (κ3) is 5.86. The average Bonchev–Trinajstić information content (AvgIpc) is 2.73. The quantitative estimate of drug-likeness (QED) is 0.548. The lowest BCUT2D eigenvalue weighted by Crippen LogP contribution is -2.12. The predicted octanol–water partition coefficient (Wildman–Crippen LogP) is 4.28. The zero-order valence-electron chi connectivity index (χ0n) is 11.0. The van der Waals surface area contributed by atoms with Crippen LogP contribution in [0.1, 0.15) is 71.6 Å². The highest BCUT2D eigenvalue weighted by molar-refractivity contribution is 4.65. The molecule has 2 heteroatoms. The van der Waals surface area contributed by atoms with Crippen LogP contribution in [-0.2, 0) is 9.47 Å². The standard InChI is InChI=1S/C14H28O2/c1-3-5-7-9-10-13-12-15-14(16-13)11-8-6-4-2/h13-14H,3-12H2,1-2H3. The van der Waals surface area contributed by atoms with Crippen molar-refractivity contribution < 1.29 is 9.47 Å². The molecule has 1 fully saturated rings. The van der Waals surface area contributed by atoms with Crippen molar-refractivity contribution in [2.75, 3.05) is 6.61 Å². The molecule has 2 atom stereocenters. The van der Waals surface area contributed by atoms with Crippen LogP contribution in [0.4, 0.5) is 0 Å². The van der Waals surface area contributed by atoms with Crippen molar-refractivity contribution in [3.63, 3.8) is 0 Å². The van der Waals surface area contributed by atoms with Gasteiger partial charge in [-0.2, -0.15) is 0 Å². The minimum atomic E-state index is 0.0997. The molecule has 0 aliphatic carbocycles. The average molecular weight is 228 g/mol. The second kappa shape index (κ2) is 9.00. The van der Waals surface area contributed by atoms with Gasteiger partial charge in [0, 0.05) is 0 Å². The van der Waals surface area contributed by atoms with Crippen LogP contribution in [0, 0.1) is 0 Å². The molecule has 1 aliphatic rings. The Labute approximate surface area is 101 Å². The zero-order chi connectivity index (χ0) is 11.6. The van der Waals surface area contributed by atoms with E-state index in [1.807, 2.05) is 0 Å². The van der Waals surface area contributed by atoms with Gasteiger partial charge in [0.25, 0.3) is 0 Å². The smallest absolute Gasteiger partial charge is 0.158 e. The highest BCUT2D eigenvalue weighted by Gasteiger charge is 2.24. The maximum Gasteiger partial charge on any atom is 0.158 e. The Morgan fingerprint density at radius 1 is 0.875 bits per heavy atom. The van der Waals surface area contributed by atoms with Gasteiger partial charge in [-0.05, 0) is 19.3 Å². The Morgan fingerprint density at radius 2 is 1.56 bits per heavy atom. The summed E-state index contributed by atoms with van der Waals surface area (Å²) in [6.45, 7) is 5.30. The Balaban J connectivity index is 1.97. The van der Waals surface area contributed by atoms with Crippen molar-refractivity contribution in [2.24, 2.45) is 0 Å². The monoisotopic (exact) mass is 228 g/mol. The van der Waals surface area contributed by atoms with Crippen LogP contribution in [0.5, 0.6) is 0 Å². The van der Waals surface area contributed by atoms with Crippen molar-refractivity contribution in [1.82, 2.24) is 0 Å². The maximum absolute atomic E-state index is 5.87. The van der Waals surface area contributed by atoms with Crippen molar-refractivity contribution in [3.8, 4) is 0 Å². The van der Waals surface area contributed by atoms with Gasteiger partial charge in [0.05, 0.1) is 12.7 Å². The molecule has 0 aromatic rings. The van der Waals surface area contributed by atoms with E-state index in [4.69, 9.17) is 9.47 Å². The molecule has 1 aliphatic heterocycles. The number of hydrogen-bond acceptors (Lipinski definition) is 2. The molecule has 0 aromatic carbocycles. The molecule has 0 saturated carbocycles. The molecular formula is C14H28O2. The molecule has 16 heavy (non-hydrogen) atoms. The minimum Gasteiger partial charge on any atom is -0.350 e. The van der Waals surface area contributed by atoms with E-state index in [-0.39, 0.29) is 6.29 Å².